The first-order chi connectivity index (χ1) is 8.06. The van der Waals surface area contributed by atoms with Gasteiger partial charge in [0.05, 0.1) is 18.3 Å². The fourth-order valence-corrected chi connectivity index (χ4v) is 1.50. The lowest BCUT2D eigenvalue weighted by Crippen LogP contribution is -2.43. The molecule has 0 radical (unpaired) electrons. The van der Waals surface area contributed by atoms with Gasteiger partial charge in [-0.25, -0.2) is 0 Å². The lowest BCUT2D eigenvalue weighted by Gasteiger charge is -2.23. The number of hydrogen-bond donors (Lipinski definition) is 2. The Morgan fingerprint density at radius 3 is 2.71 bits per heavy atom. The van der Waals surface area contributed by atoms with Crippen LogP contribution in [0.25, 0.3) is 0 Å². The van der Waals surface area contributed by atoms with Gasteiger partial charge in [0.1, 0.15) is 5.76 Å². The molecule has 0 aliphatic carbocycles. The van der Waals surface area contributed by atoms with E-state index in [9.17, 15) is 4.79 Å². The largest absolute Gasteiger partial charge is 0.468 e. The Morgan fingerprint density at radius 2 is 2.24 bits per heavy atom. The average Bonchev–Trinajstić information content (AvgIpc) is 2.81. The third kappa shape index (κ3) is 3.87. The van der Waals surface area contributed by atoms with Crippen molar-refractivity contribution in [1.29, 1.82) is 0 Å². The smallest absolute Gasteiger partial charge is 0.236 e. The second kappa shape index (κ2) is 6.42. The first-order valence-corrected chi connectivity index (χ1v) is 5.71. The van der Waals surface area contributed by atoms with Crippen molar-refractivity contribution in [3.05, 3.63) is 24.2 Å². The Balaban J connectivity index is 2.55. The van der Waals surface area contributed by atoms with Gasteiger partial charge < -0.3 is 15.1 Å². The number of carbonyl (C=O) groups excluding carboxylic acids is 1. The fourth-order valence-electron chi connectivity index (χ4n) is 1.50. The predicted molar refractivity (Wildman–Crippen MR) is 66.7 cm³/mol. The van der Waals surface area contributed by atoms with Crippen molar-refractivity contribution >= 4 is 5.91 Å². The molecule has 2 atom stereocenters. The zero-order valence-electron chi connectivity index (χ0n) is 10.9. The van der Waals surface area contributed by atoms with Crippen LogP contribution >= 0.6 is 0 Å². The minimum atomic E-state index is -0.186. The van der Waals surface area contributed by atoms with E-state index in [0.29, 0.717) is 6.54 Å². The van der Waals surface area contributed by atoms with Crippen molar-refractivity contribution in [3.63, 3.8) is 0 Å². The topological polar surface area (TPSA) is 57.5 Å². The summed E-state index contributed by atoms with van der Waals surface area (Å²) in [6.45, 7) is 2.36. The summed E-state index contributed by atoms with van der Waals surface area (Å²) in [6, 6.07) is 3.63. The van der Waals surface area contributed by atoms with Crippen LogP contribution in [0, 0.1) is 0 Å². The second-order valence-electron chi connectivity index (χ2n) is 4.25. The van der Waals surface area contributed by atoms with E-state index in [4.69, 9.17) is 4.42 Å². The van der Waals surface area contributed by atoms with Crippen LogP contribution in [-0.2, 0) is 4.79 Å². The molecule has 17 heavy (non-hydrogen) atoms. The Kier molecular flexibility index (Phi) is 5.18. The maximum absolute atomic E-state index is 11.6. The fraction of sp³-hybridized carbons (Fsp3) is 0.583. The summed E-state index contributed by atoms with van der Waals surface area (Å²) in [4.78, 5) is 13.7. The van der Waals surface area contributed by atoms with Crippen LogP contribution in [0.4, 0.5) is 0 Å². The summed E-state index contributed by atoms with van der Waals surface area (Å²) < 4.78 is 5.37. The number of nitrogens with zero attached hydrogens (tertiary/aromatic N) is 1. The molecule has 0 bridgehead atoms. The number of furan rings is 1. The van der Waals surface area contributed by atoms with Gasteiger partial charge in [0.2, 0.25) is 5.91 Å². The minimum Gasteiger partial charge on any atom is -0.468 e. The molecular formula is C12H21N3O2. The van der Waals surface area contributed by atoms with Gasteiger partial charge in [0.25, 0.3) is 0 Å². The van der Waals surface area contributed by atoms with E-state index < -0.39 is 0 Å². The number of rotatable bonds is 6. The molecule has 1 aromatic heterocycles. The molecule has 0 saturated carbocycles. The Hall–Kier alpha value is -1.33. The van der Waals surface area contributed by atoms with E-state index in [0.717, 1.165) is 5.76 Å². The first-order valence-electron chi connectivity index (χ1n) is 5.71. The maximum Gasteiger partial charge on any atom is 0.236 e. The van der Waals surface area contributed by atoms with Crippen molar-refractivity contribution < 1.29 is 9.21 Å². The van der Waals surface area contributed by atoms with Crippen molar-refractivity contribution in [1.82, 2.24) is 15.5 Å². The molecule has 96 valence electrons. The van der Waals surface area contributed by atoms with E-state index in [2.05, 4.69) is 10.6 Å². The number of nitrogens with one attached hydrogen (secondary N) is 2. The summed E-state index contributed by atoms with van der Waals surface area (Å²) in [5.41, 5.74) is 0. The van der Waals surface area contributed by atoms with Gasteiger partial charge in [-0.05, 0) is 40.2 Å². The monoisotopic (exact) mass is 239 g/mol. The molecule has 1 amide bonds. The third-order valence-electron chi connectivity index (χ3n) is 2.79. The van der Waals surface area contributed by atoms with E-state index in [1.165, 1.54) is 0 Å². The van der Waals surface area contributed by atoms with Gasteiger partial charge in [-0.2, -0.15) is 0 Å². The van der Waals surface area contributed by atoms with E-state index in [-0.39, 0.29) is 18.0 Å². The molecule has 0 aromatic carbocycles. The molecular weight excluding hydrogens is 218 g/mol. The lowest BCUT2D eigenvalue weighted by atomic mass is 10.2. The van der Waals surface area contributed by atoms with Crippen LogP contribution in [0.3, 0.4) is 0 Å². The molecule has 0 aliphatic rings. The van der Waals surface area contributed by atoms with Crippen LogP contribution in [0.15, 0.2) is 22.8 Å². The van der Waals surface area contributed by atoms with Crippen molar-refractivity contribution in [2.75, 3.05) is 27.7 Å². The molecule has 0 fully saturated rings. The molecule has 1 aromatic rings. The first kappa shape index (κ1) is 13.7. The Labute approximate surface area is 102 Å². The molecule has 2 N–H and O–H groups in total. The summed E-state index contributed by atoms with van der Waals surface area (Å²) in [5.74, 6) is 0.846. The molecule has 1 heterocycles. The predicted octanol–water partition coefficient (Wildman–Crippen LogP) is 0.606. The highest BCUT2D eigenvalue weighted by Gasteiger charge is 2.19. The quantitative estimate of drug-likeness (QED) is 0.763. The summed E-state index contributed by atoms with van der Waals surface area (Å²) in [6.07, 6.45) is 1.64. The molecule has 2 unspecified atom stereocenters. The van der Waals surface area contributed by atoms with Crippen LogP contribution in [0.5, 0.6) is 0 Å². The normalized spacial score (nSPS) is 14.6. The van der Waals surface area contributed by atoms with Gasteiger partial charge in [0.15, 0.2) is 0 Å². The van der Waals surface area contributed by atoms with Gasteiger partial charge in [0, 0.05) is 6.54 Å². The maximum atomic E-state index is 11.6. The highest BCUT2D eigenvalue weighted by atomic mass is 16.3. The third-order valence-corrected chi connectivity index (χ3v) is 2.79. The second-order valence-corrected chi connectivity index (χ2v) is 4.25. The number of hydrogen-bond acceptors (Lipinski definition) is 4. The van der Waals surface area contributed by atoms with Crippen molar-refractivity contribution in [3.8, 4) is 0 Å². The van der Waals surface area contributed by atoms with E-state index >= 15 is 0 Å². The number of carbonyl (C=O) groups is 1. The Bertz CT molecular complexity index is 336. The Morgan fingerprint density at radius 1 is 1.53 bits per heavy atom. The SMILES string of the molecule is CNC(C)C(=O)NCC(c1ccco1)N(C)C. The summed E-state index contributed by atoms with van der Waals surface area (Å²) >= 11 is 0. The number of amides is 1. The number of likely N-dealkylation sites (N-methyl/N-ethyl adjacent to an activating group) is 2. The average molecular weight is 239 g/mol. The standard InChI is InChI=1S/C12H21N3O2/c1-9(13-2)12(16)14-8-10(15(3)4)11-6-5-7-17-11/h5-7,9-10,13H,8H2,1-4H3,(H,14,16). The lowest BCUT2D eigenvalue weighted by molar-refractivity contribution is -0.122. The van der Waals surface area contributed by atoms with Crippen molar-refractivity contribution in [2.24, 2.45) is 0 Å². The minimum absolute atomic E-state index is 0.00842. The van der Waals surface area contributed by atoms with Gasteiger partial charge in [-0.15, -0.1) is 0 Å². The van der Waals surface area contributed by atoms with E-state index in [1.807, 2.05) is 38.1 Å². The molecule has 0 spiro atoms. The molecule has 5 heteroatoms. The molecule has 1 rings (SSSR count). The summed E-state index contributed by atoms with van der Waals surface area (Å²) in [7, 11) is 5.68. The zero-order chi connectivity index (χ0) is 12.8. The van der Waals surface area contributed by atoms with Crippen LogP contribution in [-0.4, -0.2) is 44.5 Å². The van der Waals surface area contributed by atoms with Crippen LogP contribution in [0.2, 0.25) is 0 Å². The molecule has 5 nitrogen and oxygen atoms in total. The highest BCUT2D eigenvalue weighted by Crippen LogP contribution is 2.17. The molecule has 0 saturated heterocycles. The van der Waals surface area contributed by atoms with Crippen molar-refractivity contribution in [2.45, 2.75) is 19.0 Å². The van der Waals surface area contributed by atoms with Crippen LogP contribution in [0.1, 0.15) is 18.7 Å². The van der Waals surface area contributed by atoms with Crippen LogP contribution < -0.4 is 10.6 Å². The molecule has 0 aliphatic heterocycles. The zero-order valence-corrected chi connectivity index (χ0v) is 10.9. The van der Waals surface area contributed by atoms with Gasteiger partial charge >= 0.3 is 0 Å². The summed E-state index contributed by atoms with van der Waals surface area (Å²) in [5, 5.41) is 5.80. The highest BCUT2D eigenvalue weighted by molar-refractivity contribution is 5.81. The van der Waals surface area contributed by atoms with Gasteiger partial charge in [-0.3, -0.25) is 9.69 Å². The van der Waals surface area contributed by atoms with E-state index in [1.54, 1.807) is 13.3 Å². The van der Waals surface area contributed by atoms with Gasteiger partial charge in [-0.1, -0.05) is 0 Å².